The Bertz CT molecular complexity index is 692. The van der Waals surface area contributed by atoms with Crippen molar-refractivity contribution >= 4 is 17.3 Å². The van der Waals surface area contributed by atoms with Crippen LogP contribution in [0.3, 0.4) is 0 Å². The normalized spacial score (nSPS) is 12.3. The molecule has 0 aliphatic carbocycles. The van der Waals surface area contributed by atoms with E-state index in [0.29, 0.717) is 5.02 Å². The van der Waals surface area contributed by atoms with Gasteiger partial charge >= 0.3 is 0 Å². The number of anilines is 1. The maximum atomic E-state index is 6.34. The molecule has 3 rings (SSSR count). The first kappa shape index (κ1) is 13.8. The quantitative estimate of drug-likeness (QED) is 0.769. The summed E-state index contributed by atoms with van der Waals surface area (Å²) in [6, 6.07) is 9.92. The number of halogens is 1. The van der Waals surface area contributed by atoms with Crippen LogP contribution >= 0.6 is 11.6 Å². The molecular formula is C16H16ClN3O. The van der Waals surface area contributed by atoms with E-state index < -0.39 is 0 Å². The van der Waals surface area contributed by atoms with Crippen LogP contribution in [-0.4, -0.2) is 15.6 Å². The monoisotopic (exact) mass is 301 g/mol. The first-order chi connectivity index (χ1) is 10.2. The number of benzene rings is 1. The van der Waals surface area contributed by atoms with Gasteiger partial charge in [-0.15, -0.1) is 0 Å². The minimum Gasteiger partial charge on any atom is -0.469 e. The molecule has 1 N–H and O–H groups in total. The molecular weight excluding hydrogens is 286 g/mol. The van der Waals surface area contributed by atoms with Crippen LogP contribution in [0.25, 0.3) is 5.69 Å². The van der Waals surface area contributed by atoms with Crippen molar-refractivity contribution in [2.75, 3.05) is 5.32 Å². The summed E-state index contributed by atoms with van der Waals surface area (Å²) in [6.45, 7) is 2.11. The first-order valence-electron chi connectivity index (χ1n) is 6.80. The lowest BCUT2D eigenvalue weighted by Crippen LogP contribution is -2.19. The topological polar surface area (TPSA) is 43.0 Å². The Hall–Kier alpha value is -2.20. The Kier molecular flexibility index (Phi) is 3.97. The van der Waals surface area contributed by atoms with Gasteiger partial charge in [-0.05, 0) is 31.2 Å². The molecule has 0 aliphatic rings. The second-order valence-corrected chi connectivity index (χ2v) is 5.34. The van der Waals surface area contributed by atoms with Gasteiger partial charge in [-0.2, -0.15) is 0 Å². The molecule has 2 aromatic heterocycles. The molecule has 5 heteroatoms. The SMILES string of the molecule is CC(Cc1ccco1)Nc1cccc(Cl)c1-n1ccnc1. The van der Waals surface area contributed by atoms with Crippen molar-refractivity contribution in [3.05, 3.63) is 66.1 Å². The summed E-state index contributed by atoms with van der Waals surface area (Å²) in [4.78, 5) is 4.08. The fraction of sp³-hybridized carbons (Fsp3) is 0.188. The number of aromatic nitrogens is 2. The maximum absolute atomic E-state index is 6.34. The van der Waals surface area contributed by atoms with E-state index in [4.69, 9.17) is 16.0 Å². The number of furan rings is 1. The Labute approximate surface area is 128 Å². The number of hydrogen-bond acceptors (Lipinski definition) is 3. The summed E-state index contributed by atoms with van der Waals surface area (Å²) < 4.78 is 7.29. The molecule has 1 atom stereocenters. The zero-order chi connectivity index (χ0) is 14.7. The lowest BCUT2D eigenvalue weighted by atomic mass is 10.1. The van der Waals surface area contributed by atoms with Gasteiger partial charge in [-0.3, -0.25) is 0 Å². The molecule has 0 spiro atoms. The minimum atomic E-state index is 0.219. The molecule has 108 valence electrons. The number of rotatable bonds is 5. The molecule has 0 amide bonds. The third-order valence-corrected chi connectivity index (χ3v) is 3.54. The van der Waals surface area contributed by atoms with E-state index >= 15 is 0 Å². The van der Waals surface area contributed by atoms with E-state index in [1.165, 1.54) is 0 Å². The van der Waals surface area contributed by atoms with Crippen LogP contribution in [0.1, 0.15) is 12.7 Å². The molecule has 4 nitrogen and oxygen atoms in total. The highest BCUT2D eigenvalue weighted by Crippen LogP contribution is 2.29. The average molecular weight is 302 g/mol. The third-order valence-electron chi connectivity index (χ3n) is 3.24. The van der Waals surface area contributed by atoms with Crippen LogP contribution in [0, 0.1) is 0 Å². The molecule has 0 aliphatic heterocycles. The predicted molar refractivity (Wildman–Crippen MR) is 84.1 cm³/mol. The van der Waals surface area contributed by atoms with Crippen molar-refractivity contribution in [1.82, 2.24) is 9.55 Å². The zero-order valence-electron chi connectivity index (χ0n) is 11.7. The number of hydrogen-bond donors (Lipinski definition) is 1. The zero-order valence-corrected chi connectivity index (χ0v) is 12.4. The average Bonchev–Trinajstić information content (AvgIpc) is 3.11. The summed E-state index contributed by atoms with van der Waals surface area (Å²) >= 11 is 6.34. The van der Waals surface area contributed by atoms with E-state index in [9.17, 15) is 0 Å². The van der Waals surface area contributed by atoms with Gasteiger partial charge in [-0.25, -0.2) is 4.98 Å². The summed E-state index contributed by atoms with van der Waals surface area (Å²) in [6.07, 6.45) is 7.85. The van der Waals surface area contributed by atoms with E-state index in [1.54, 1.807) is 18.8 Å². The van der Waals surface area contributed by atoms with Gasteiger partial charge in [0.2, 0.25) is 0 Å². The van der Waals surface area contributed by atoms with Gasteiger partial charge in [0.15, 0.2) is 0 Å². The standard InChI is InChI=1S/C16H16ClN3O/c1-12(10-13-4-3-9-21-13)19-15-6-2-5-14(17)16(15)20-8-7-18-11-20/h2-9,11-12,19H,10H2,1H3. The van der Waals surface area contributed by atoms with Crippen LogP contribution in [0.4, 0.5) is 5.69 Å². The number of nitrogens with one attached hydrogen (secondary N) is 1. The molecule has 3 aromatic rings. The summed E-state index contributed by atoms with van der Waals surface area (Å²) in [5, 5.41) is 4.17. The molecule has 2 heterocycles. The summed E-state index contributed by atoms with van der Waals surface area (Å²) in [7, 11) is 0. The highest BCUT2D eigenvalue weighted by atomic mass is 35.5. The fourth-order valence-electron chi connectivity index (χ4n) is 2.33. The fourth-order valence-corrected chi connectivity index (χ4v) is 2.60. The molecule has 0 radical (unpaired) electrons. The van der Waals surface area contributed by atoms with Gasteiger partial charge in [-0.1, -0.05) is 17.7 Å². The van der Waals surface area contributed by atoms with Gasteiger partial charge < -0.3 is 14.3 Å². The second-order valence-electron chi connectivity index (χ2n) is 4.93. The van der Waals surface area contributed by atoms with Crippen molar-refractivity contribution in [3.8, 4) is 5.69 Å². The molecule has 1 aromatic carbocycles. The molecule has 0 saturated carbocycles. The van der Waals surface area contributed by atoms with Gasteiger partial charge in [0.1, 0.15) is 5.76 Å². The van der Waals surface area contributed by atoms with Crippen molar-refractivity contribution in [2.45, 2.75) is 19.4 Å². The lowest BCUT2D eigenvalue weighted by Gasteiger charge is -2.18. The lowest BCUT2D eigenvalue weighted by molar-refractivity contribution is 0.498. The molecule has 0 saturated heterocycles. The van der Waals surface area contributed by atoms with Crippen LogP contribution < -0.4 is 5.32 Å². The van der Waals surface area contributed by atoms with Crippen molar-refractivity contribution in [1.29, 1.82) is 0 Å². The van der Waals surface area contributed by atoms with Crippen LogP contribution in [0.5, 0.6) is 0 Å². The van der Waals surface area contributed by atoms with E-state index in [1.807, 2.05) is 41.1 Å². The predicted octanol–water partition coefficient (Wildman–Crippen LogP) is 4.16. The van der Waals surface area contributed by atoms with Crippen LogP contribution in [0.2, 0.25) is 5.02 Å². The van der Waals surface area contributed by atoms with Crippen LogP contribution in [-0.2, 0) is 6.42 Å². The molecule has 1 unspecified atom stereocenters. The second kappa shape index (κ2) is 6.06. The van der Waals surface area contributed by atoms with Crippen LogP contribution in [0.15, 0.2) is 59.7 Å². The Balaban J connectivity index is 1.84. The minimum absolute atomic E-state index is 0.219. The maximum Gasteiger partial charge on any atom is 0.105 e. The number of para-hydroxylation sites is 1. The van der Waals surface area contributed by atoms with Gasteiger partial charge in [0, 0.05) is 24.9 Å². The largest absolute Gasteiger partial charge is 0.469 e. The Morgan fingerprint density at radius 2 is 2.24 bits per heavy atom. The highest BCUT2D eigenvalue weighted by Gasteiger charge is 2.12. The summed E-state index contributed by atoms with van der Waals surface area (Å²) in [5.41, 5.74) is 1.88. The van der Waals surface area contributed by atoms with Crippen molar-refractivity contribution < 1.29 is 4.42 Å². The first-order valence-corrected chi connectivity index (χ1v) is 7.17. The van der Waals surface area contributed by atoms with Gasteiger partial charge in [0.05, 0.1) is 29.0 Å². The Morgan fingerprint density at radius 1 is 1.33 bits per heavy atom. The molecule has 0 bridgehead atoms. The van der Waals surface area contributed by atoms with Crippen molar-refractivity contribution in [2.24, 2.45) is 0 Å². The summed E-state index contributed by atoms with van der Waals surface area (Å²) in [5.74, 6) is 0.959. The smallest absolute Gasteiger partial charge is 0.105 e. The number of nitrogens with zero attached hydrogens (tertiary/aromatic N) is 2. The molecule has 0 fully saturated rings. The van der Waals surface area contributed by atoms with Crippen molar-refractivity contribution in [3.63, 3.8) is 0 Å². The van der Waals surface area contributed by atoms with Gasteiger partial charge in [0.25, 0.3) is 0 Å². The molecule has 21 heavy (non-hydrogen) atoms. The number of imidazole rings is 1. The third kappa shape index (κ3) is 3.11. The Morgan fingerprint density at radius 3 is 2.95 bits per heavy atom. The van der Waals surface area contributed by atoms with E-state index in [0.717, 1.165) is 23.6 Å². The van der Waals surface area contributed by atoms with E-state index in [2.05, 4.69) is 17.2 Å². The highest BCUT2D eigenvalue weighted by molar-refractivity contribution is 6.33. The van der Waals surface area contributed by atoms with E-state index in [-0.39, 0.29) is 6.04 Å².